The second kappa shape index (κ2) is 5.74. The SMILES string of the molecule is CC(C)c1ccc(SC2CCCCN2)cc1. The van der Waals surface area contributed by atoms with Gasteiger partial charge in [0.1, 0.15) is 0 Å². The number of thioether (sulfide) groups is 1. The highest BCUT2D eigenvalue weighted by Crippen LogP contribution is 2.28. The van der Waals surface area contributed by atoms with Gasteiger partial charge in [-0.05, 0) is 49.4 Å². The fourth-order valence-electron chi connectivity index (χ4n) is 2.02. The van der Waals surface area contributed by atoms with Crippen LogP contribution in [0.2, 0.25) is 0 Å². The van der Waals surface area contributed by atoms with E-state index in [9.17, 15) is 0 Å². The molecule has 0 radical (unpaired) electrons. The molecule has 1 aliphatic rings. The summed E-state index contributed by atoms with van der Waals surface area (Å²) in [5.74, 6) is 0.631. The van der Waals surface area contributed by atoms with Gasteiger partial charge in [-0.15, -0.1) is 11.8 Å². The van der Waals surface area contributed by atoms with Crippen molar-refractivity contribution in [3.63, 3.8) is 0 Å². The van der Waals surface area contributed by atoms with Crippen molar-refractivity contribution >= 4 is 11.8 Å². The number of rotatable bonds is 3. The zero-order chi connectivity index (χ0) is 11.4. The molecule has 0 bridgehead atoms. The standard InChI is InChI=1S/C14H21NS/c1-11(2)12-6-8-13(9-7-12)16-14-5-3-4-10-15-14/h6-9,11,14-15H,3-5,10H2,1-2H3. The fourth-order valence-corrected chi connectivity index (χ4v) is 3.12. The van der Waals surface area contributed by atoms with Gasteiger partial charge >= 0.3 is 0 Å². The minimum absolute atomic E-state index is 0.624. The van der Waals surface area contributed by atoms with Crippen molar-refractivity contribution in [2.75, 3.05) is 6.54 Å². The molecule has 1 N–H and O–H groups in total. The van der Waals surface area contributed by atoms with Crippen LogP contribution in [0.3, 0.4) is 0 Å². The molecule has 1 saturated heterocycles. The highest BCUT2D eigenvalue weighted by Gasteiger charge is 2.13. The molecule has 2 heteroatoms. The number of benzene rings is 1. The second-order valence-electron chi connectivity index (χ2n) is 4.78. The Hall–Kier alpha value is -0.470. The van der Waals surface area contributed by atoms with E-state index in [1.165, 1.54) is 36.3 Å². The summed E-state index contributed by atoms with van der Waals surface area (Å²) < 4.78 is 0. The first-order chi connectivity index (χ1) is 7.75. The van der Waals surface area contributed by atoms with Crippen LogP contribution < -0.4 is 5.32 Å². The molecule has 88 valence electrons. The third kappa shape index (κ3) is 3.26. The Morgan fingerprint density at radius 1 is 1.19 bits per heavy atom. The van der Waals surface area contributed by atoms with Crippen molar-refractivity contribution in [2.24, 2.45) is 0 Å². The van der Waals surface area contributed by atoms with Crippen molar-refractivity contribution in [1.82, 2.24) is 5.32 Å². The quantitative estimate of drug-likeness (QED) is 0.850. The molecule has 0 aliphatic carbocycles. The van der Waals surface area contributed by atoms with Crippen LogP contribution in [0, 0.1) is 0 Å². The molecule has 0 aromatic heterocycles. The smallest absolute Gasteiger partial charge is 0.0579 e. The Labute approximate surface area is 103 Å². The van der Waals surface area contributed by atoms with Gasteiger partial charge in [-0.1, -0.05) is 26.0 Å². The summed E-state index contributed by atoms with van der Waals surface area (Å²) in [6.45, 7) is 5.66. The van der Waals surface area contributed by atoms with Gasteiger partial charge in [-0.3, -0.25) is 0 Å². The maximum absolute atomic E-state index is 3.57. The van der Waals surface area contributed by atoms with Gasteiger partial charge in [0, 0.05) is 4.90 Å². The Bertz CT molecular complexity index is 312. The van der Waals surface area contributed by atoms with Crippen LogP contribution in [0.25, 0.3) is 0 Å². The van der Waals surface area contributed by atoms with Gasteiger partial charge in [-0.25, -0.2) is 0 Å². The van der Waals surface area contributed by atoms with Crippen molar-refractivity contribution in [1.29, 1.82) is 0 Å². The summed E-state index contributed by atoms with van der Waals surface area (Å²) in [6.07, 6.45) is 4.01. The Kier molecular flexibility index (Phi) is 4.30. The molecule has 1 nitrogen and oxygen atoms in total. The van der Waals surface area contributed by atoms with Crippen LogP contribution in [0.1, 0.15) is 44.6 Å². The molecule has 2 rings (SSSR count). The third-order valence-electron chi connectivity index (χ3n) is 3.09. The molecule has 0 amide bonds. The van der Waals surface area contributed by atoms with Crippen LogP contribution in [0.15, 0.2) is 29.2 Å². The summed E-state index contributed by atoms with van der Waals surface area (Å²) in [6, 6.07) is 9.04. The number of piperidine rings is 1. The van der Waals surface area contributed by atoms with E-state index in [-0.39, 0.29) is 0 Å². The molecular weight excluding hydrogens is 214 g/mol. The van der Waals surface area contributed by atoms with E-state index in [4.69, 9.17) is 0 Å². The van der Waals surface area contributed by atoms with Gasteiger partial charge in [0.15, 0.2) is 0 Å². The normalized spacial score (nSPS) is 21.3. The summed E-state index contributed by atoms with van der Waals surface area (Å²) >= 11 is 1.97. The van der Waals surface area contributed by atoms with E-state index in [1.54, 1.807) is 0 Å². The minimum Gasteiger partial charge on any atom is -0.305 e. The van der Waals surface area contributed by atoms with E-state index in [0.29, 0.717) is 11.3 Å². The largest absolute Gasteiger partial charge is 0.305 e. The molecule has 1 aliphatic heterocycles. The third-order valence-corrected chi connectivity index (χ3v) is 4.32. The minimum atomic E-state index is 0.624. The summed E-state index contributed by atoms with van der Waals surface area (Å²) in [5.41, 5.74) is 1.43. The number of nitrogens with one attached hydrogen (secondary N) is 1. The lowest BCUT2D eigenvalue weighted by molar-refractivity contribution is 0.491. The highest BCUT2D eigenvalue weighted by molar-refractivity contribution is 7.99. The predicted octanol–water partition coefficient (Wildman–Crippen LogP) is 4.00. The van der Waals surface area contributed by atoms with Crippen molar-refractivity contribution in [2.45, 2.75) is 49.3 Å². The van der Waals surface area contributed by atoms with Crippen LogP contribution in [-0.4, -0.2) is 11.9 Å². The summed E-state index contributed by atoms with van der Waals surface area (Å²) in [4.78, 5) is 1.39. The highest BCUT2D eigenvalue weighted by atomic mass is 32.2. The summed E-state index contributed by atoms with van der Waals surface area (Å²) in [7, 11) is 0. The van der Waals surface area contributed by atoms with E-state index in [1.807, 2.05) is 11.8 Å². The van der Waals surface area contributed by atoms with Crippen molar-refractivity contribution < 1.29 is 0 Å². The van der Waals surface area contributed by atoms with Crippen LogP contribution in [0.4, 0.5) is 0 Å². The predicted molar refractivity (Wildman–Crippen MR) is 72.0 cm³/mol. The first-order valence-corrected chi connectivity index (χ1v) is 7.13. The average Bonchev–Trinajstić information content (AvgIpc) is 2.31. The lowest BCUT2D eigenvalue weighted by Gasteiger charge is -2.22. The molecule has 1 aromatic rings. The number of hydrogen-bond acceptors (Lipinski definition) is 2. The summed E-state index contributed by atoms with van der Waals surface area (Å²) in [5, 5.41) is 4.19. The fraction of sp³-hybridized carbons (Fsp3) is 0.571. The molecule has 16 heavy (non-hydrogen) atoms. The molecule has 1 unspecified atom stereocenters. The van der Waals surface area contributed by atoms with Gasteiger partial charge in [0.25, 0.3) is 0 Å². The Morgan fingerprint density at radius 2 is 1.94 bits per heavy atom. The van der Waals surface area contributed by atoms with Crippen LogP contribution in [-0.2, 0) is 0 Å². The maximum atomic E-state index is 3.57. The van der Waals surface area contributed by atoms with E-state index >= 15 is 0 Å². The van der Waals surface area contributed by atoms with E-state index in [0.717, 1.165) is 0 Å². The van der Waals surface area contributed by atoms with Gasteiger partial charge in [-0.2, -0.15) is 0 Å². The first kappa shape index (κ1) is 12.0. The van der Waals surface area contributed by atoms with Gasteiger partial charge in [0.2, 0.25) is 0 Å². The van der Waals surface area contributed by atoms with E-state index in [2.05, 4.69) is 43.4 Å². The lowest BCUT2D eigenvalue weighted by atomic mass is 10.0. The zero-order valence-corrected chi connectivity index (χ0v) is 11.0. The molecule has 1 atom stereocenters. The topological polar surface area (TPSA) is 12.0 Å². The monoisotopic (exact) mass is 235 g/mol. The Morgan fingerprint density at radius 3 is 2.50 bits per heavy atom. The lowest BCUT2D eigenvalue weighted by Crippen LogP contribution is -2.30. The van der Waals surface area contributed by atoms with Crippen LogP contribution >= 0.6 is 11.8 Å². The zero-order valence-electron chi connectivity index (χ0n) is 10.2. The van der Waals surface area contributed by atoms with Gasteiger partial charge < -0.3 is 5.32 Å². The molecule has 1 fully saturated rings. The number of hydrogen-bond donors (Lipinski definition) is 1. The van der Waals surface area contributed by atoms with Crippen LogP contribution in [0.5, 0.6) is 0 Å². The van der Waals surface area contributed by atoms with Crippen molar-refractivity contribution in [3.8, 4) is 0 Å². The Balaban J connectivity index is 1.93. The van der Waals surface area contributed by atoms with E-state index < -0.39 is 0 Å². The molecule has 0 spiro atoms. The van der Waals surface area contributed by atoms with Crippen molar-refractivity contribution in [3.05, 3.63) is 29.8 Å². The molecule has 1 aromatic carbocycles. The maximum Gasteiger partial charge on any atom is 0.0579 e. The van der Waals surface area contributed by atoms with Gasteiger partial charge in [0.05, 0.1) is 5.37 Å². The molecular formula is C14H21NS. The second-order valence-corrected chi connectivity index (χ2v) is 6.06. The molecule has 1 heterocycles. The molecule has 0 saturated carbocycles. The average molecular weight is 235 g/mol. The first-order valence-electron chi connectivity index (χ1n) is 6.26.